The third-order valence-corrected chi connectivity index (χ3v) is 6.62. The number of rotatable bonds is 14. The van der Waals surface area contributed by atoms with E-state index in [0.717, 1.165) is 79.0 Å². The van der Waals surface area contributed by atoms with E-state index in [-0.39, 0.29) is 11.9 Å². The van der Waals surface area contributed by atoms with Crippen LogP contribution in [0.5, 0.6) is 0 Å². The van der Waals surface area contributed by atoms with Gasteiger partial charge in [0.25, 0.3) is 5.91 Å². The Balaban J connectivity index is 0.00000336. The molecule has 218 valence electrons. The first-order valence-corrected chi connectivity index (χ1v) is 14.3. The Bertz CT molecular complexity index is 1050. The lowest BCUT2D eigenvalue weighted by Crippen LogP contribution is -2.24. The summed E-state index contributed by atoms with van der Waals surface area (Å²) in [6, 6.07) is 1.93. The Labute approximate surface area is 237 Å². The maximum absolute atomic E-state index is 13.4. The van der Waals surface area contributed by atoms with E-state index >= 15 is 0 Å². The number of aryl methyl sites for hydroxylation is 1. The van der Waals surface area contributed by atoms with E-state index in [1.165, 1.54) is 7.11 Å². The normalized spacial score (nSPS) is 12.4. The number of ether oxygens (including phenoxy) is 1. The van der Waals surface area contributed by atoms with E-state index in [4.69, 9.17) is 10.00 Å². The number of carbonyl (C=O) groups excluding carboxylic acids is 2. The van der Waals surface area contributed by atoms with Crippen LogP contribution in [0.2, 0.25) is 0 Å². The molecule has 2 N–H and O–H groups in total. The smallest absolute Gasteiger partial charge is 0.339 e. The number of nitrogens with one attached hydrogen (secondary N) is 2. The van der Waals surface area contributed by atoms with Gasteiger partial charge in [-0.2, -0.15) is 5.26 Å². The highest BCUT2D eigenvalue weighted by atomic mass is 16.5. The monoisotopic (exact) mass is 540 g/mol. The predicted molar refractivity (Wildman–Crippen MR) is 162 cm³/mol. The largest absolute Gasteiger partial charge is 0.465 e. The summed E-state index contributed by atoms with van der Waals surface area (Å²) in [5, 5.41) is 10.7. The van der Waals surface area contributed by atoms with E-state index in [2.05, 4.69) is 43.0 Å². The van der Waals surface area contributed by atoms with Crippen LogP contribution in [0.3, 0.4) is 0 Å². The van der Waals surface area contributed by atoms with Gasteiger partial charge in [0.15, 0.2) is 0 Å². The van der Waals surface area contributed by atoms with Gasteiger partial charge in [-0.3, -0.25) is 4.79 Å². The molecule has 0 fully saturated rings. The van der Waals surface area contributed by atoms with E-state index in [1.54, 1.807) is 0 Å². The molecule has 0 aliphatic rings. The summed E-state index contributed by atoms with van der Waals surface area (Å²) >= 11 is 0. The number of nitriles is 1. The fourth-order valence-electron chi connectivity index (χ4n) is 4.22. The van der Waals surface area contributed by atoms with Crippen LogP contribution >= 0.6 is 0 Å². The maximum Gasteiger partial charge on any atom is 0.339 e. The molecule has 1 aromatic heterocycles. The molecule has 0 unspecified atom stereocenters. The molecule has 0 aliphatic heterocycles. The molecule has 7 heteroatoms. The molecule has 0 atom stereocenters. The molecule has 0 radical (unpaired) electrons. The van der Waals surface area contributed by atoms with Gasteiger partial charge in [-0.15, -0.1) is 0 Å². The zero-order valence-electron chi connectivity index (χ0n) is 26.1. The van der Waals surface area contributed by atoms with Crippen LogP contribution in [0.1, 0.15) is 115 Å². The zero-order valence-corrected chi connectivity index (χ0v) is 26.1. The topological polar surface area (TPSA) is 98.2 Å². The number of amides is 1. The first-order valence-electron chi connectivity index (χ1n) is 14.3. The highest BCUT2D eigenvalue weighted by Crippen LogP contribution is 2.27. The molecule has 0 spiro atoms. The van der Waals surface area contributed by atoms with Crippen molar-refractivity contribution >= 4 is 18.0 Å². The van der Waals surface area contributed by atoms with Gasteiger partial charge in [0.05, 0.1) is 18.7 Å². The van der Waals surface area contributed by atoms with E-state index < -0.39 is 0 Å². The lowest BCUT2D eigenvalue weighted by Gasteiger charge is -2.16. The Hall–Kier alpha value is -3.11. The summed E-state index contributed by atoms with van der Waals surface area (Å²) in [6.07, 6.45) is 9.65. The zero-order chi connectivity index (χ0) is 30.0. The van der Waals surface area contributed by atoms with Crippen LogP contribution in [0.4, 0.5) is 0 Å². The van der Waals surface area contributed by atoms with Crippen molar-refractivity contribution in [1.82, 2.24) is 15.2 Å². The number of methoxy groups -OCH3 is 1. The molecule has 0 saturated heterocycles. The van der Waals surface area contributed by atoms with Crippen LogP contribution in [0.25, 0.3) is 6.08 Å². The first kappa shape index (κ1) is 35.9. The van der Waals surface area contributed by atoms with Gasteiger partial charge in [-0.25, -0.2) is 4.79 Å². The van der Waals surface area contributed by atoms with E-state index in [0.29, 0.717) is 24.0 Å². The van der Waals surface area contributed by atoms with Crippen molar-refractivity contribution in [2.45, 2.75) is 100 Å². The van der Waals surface area contributed by atoms with Crippen LogP contribution in [0, 0.1) is 11.3 Å². The number of nitrogens with zero attached hydrogens (tertiary/aromatic N) is 2. The summed E-state index contributed by atoms with van der Waals surface area (Å²) < 4.78 is 5.15. The molecule has 1 heterocycles. The number of hydrogen-bond acceptors (Lipinski definition) is 5. The number of allylic oxidation sites excluding steroid dienone is 3. The molecular weight excluding hydrogens is 488 g/mol. The van der Waals surface area contributed by atoms with Gasteiger partial charge in [-0.1, -0.05) is 46.3 Å². The molecule has 39 heavy (non-hydrogen) atoms. The van der Waals surface area contributed by atoms with Crippen LogP contribution in [0.15, 0.2) is 28.5 Å². The average molecular weight is 541 g/mol. The first-order chi connectivity index (χ1) is 18.6. The third-order valence-electron chi connectivity index (χ3n) is 6.62. The minimum Gasteiger partial charge on any atom is -0.465 e. The van der Waals surface area contributed by atoms with Gasteiger partial charge in [0, 0.05) is 29.1 Å². The maximum atomic E-state index is 13.4. The van der Waals surface area contributed by atoms with Gasteiger partial charge >= 0.3 is 5.97 Å². The molecule has 0 saturated carbocycles. The Kier molecular flexibility index (Phi) is 18.3. The number of aromatic nitrogens is 1. The fourth-order valence-corrected chi connectivity index (χ4v) is 4.22. The van der Waals surface area contributed by atoms with Crippen molar-refractivity contribution in [2.24, 2.45) is 0 Å². The Morgan fingerprint density at radius 1 is 1.10 bits per heavy atom. The van der Waals surface area contributed by atoms with Crippen molar-refractivity contribution in [3.05, 3.63) is 51.0 Å². The van der Waals surface area contributed by atoms with E-state index in [1.807, 2.05) is 52.8 Å². The van der Waals surface area contributed by atoms with Crippen molar-refractivity contribution < 1.29 is 14.3 Å². The minimum atomic E-state index is -0.334. The highest BCUT2D eigenvalue weighted by molar-refractivity contribution is 6.03. The second-order valence-corrected chi connectivity index (χ2v) is 9.70. The third kappa shape index (κ3) is 12.1. The molecule has 0 aliphatic carbocycles. The van der Waals surface area contributed by atoms with Gasteiger partial charge < -0.3 is 19.9 Å². The molecule has 1 rings (SSSR count). The van der Waals surface area contributed by atoms with Crippen LogP contribution in [-0.2, 0) is 22.4 Å². The quantitative estimate of drug-likeness (QED) is 0.149. The second-order valence-electron chi connectivity index (χ2n) is 9.70. The number of hydrogen-bond donors (Lipinski definition) is 2. The molecule has 7 nitrogen and oxygen atoms in total. The standard InChI is InChI=1S/C29H47N3O3.C3H5N/c1-10-15-21(6)30-28(33)24(22(7)20(5)12-3)19-26-23(16-14-18-32(8)17-11-2)27(29(34)35-9)25(13-4)31-26;1-2-3-4/h15,19,31H,10-14,16-18H2,1-9H3,(H,30,33);2H2,1H3/b21-15+,22-20+,24-19-;. The van der Waals surface area contributed by atoms with Gasteiger partial charge in [-0.05, 0) is 96.6 Å². The van der Waals surface area contributed by atoms with Crippen molar-refractivity contribution in [2.75, 3.05) is 27.2 Å². The Morgan fingerprint density at radius 3 is 2.23 bits per heavy atom. The minimum absolute atomic E-state index is 0.140. The van der Waals surface area contributed by atoms with Crippen molar-refractivity contribution in [3.8, 4) is 6.07 Å². The summed E-state index contributed by atoms with van der Waals surface area (Å²) in [5.41, 5.74) is 6.73. The number of esters is 1. The average Bonchev–Trinajstić information content (AvgIpc) is 3.27. The lowest BCUT2D eigenvalue weighted by molar-refractivity contribution is -0.116. The molecule has 1 amide bonds. The molecule has 0 bridgehead atoms. The SMILES string of the molecule is CC/C=C(\C)NC(=O)C(=C\c1[nH]c(CC)c(C(=O)OC)c1CCCN(C)CCC)/C(C)=C(\C)CC.CCC#N. The second kappa shape index (κ2) is 19.9. The number of aromatic amines is 1. The summed E-state index contributed by atoms with van der Waals surface area (Å²) in [5.74, 6) is -0.474. The summed E-state index contributed by atoms with van der Waals surface area (Å²) in [7, 11) is 3.54. The fraction of sp³-hybridized carbons (Fsp3) is 0.594. The van der Waals surface area contributed by atoms with Crippen LogP contribution in [-0.4, -0.2) is 49.0 Å². The van der Waals surface area contributed by atoms with Gasteiger partial charge in [0.2, 0.25) is 0 Å². The van der Waals surface area contributed by atoms with Gasteiger partial charge in [0.1, 0.15) is 0 Å². The van der Waals surface area contributed by atoms with Crippen molar-refractivity contribution in [1.29, 1.82) is 5.26 Å². The van der Waals surface area contributed by atoms with E-state index in [9.17, 15) is 9.59 Å². The molecular formula is C32H52N4O3. The highest BCUT2D eigenvalue weighted by Gasteiger charge is 2.23. The van der Waals surface area contributed by atoms with Crippen LogP contribution < -0.4 is 5.32 Å². The number of H-pyrrole nitrogens is 1. The molecule has 0 aromatic carbocycles. The molecule has 1 aromatic rings. The van der Waals surface area contributed by atoms with Crippen molar-refractivity contribution in [3.63, 3.8) is 0 Å². The number of carbonyl (C=O) groups is 2. The predicted octanol–water partition coefficient (Wildman–Crippen LogP) is 7.12. The Morgan fingerprint density at radius 2 is 1.74 bits per heavy atom. The summed E-state index contributed by atoms with van der Waals surface area (Å²) in [4.78, 5) is 31.9. The lowest BCUT2D eigenvalue weighted by atomic mass is 9.96. The summed E-state index contributed by atoms with van der Waals surface area (Å²) in [6.45, 7) is 18.1.